The molecule has 9 nitrogen and oxygen atoms in total. The third-order valence-electron chi connectivity index (χ3n) is 8.38. The summed E-state index contributed by atoms with van der Waals surface area (Å²) in [5.41, 5.74) is 1.98. The number of aromatic nitrogens is 3. The van der Waals surface area contributed by atoms with Crippen LogP contribution < -0.4 is 4.72 Å². The summed E-state index contributed by atoms with van der Waals surface area (Å²) in [5, 5.41) is 15.9. The molecule has 1 saturated heterocycles. The highest BCUT2D eigenvalue weighted by Gasteiger charge is 2.53. The molecule has 2 unspecified atom stereocenters. The lowest BCUT2D eigenvalue weighted by Gasteiger charge is -2.35. The second-order valence-corrected chi connectivity index (χ2v) is 13.4. The highest BCUT2D eigenvalue weighted by atomic mass is 32.2. The molecule has 2 aromatic heterocycles. The zero-order valence-electron chi connectivity index (χ0n) is 20.4. The van der Waals surface area contributed by atoms with Crippen LogP contribution >= 0.6 is 11.3 Å². The van der Waals surface area contributed by atoms with E-state index in [1.807, 2.05) is 10.3 Å². The van der Waals surface area contributed by atoms with Gasteiger partial charge in [-0.15, -0.1) is 11.3 Å². The van der Waals surface area contributed by atoms with Crippen molar-refractivity contribution in [3.05, 3.63) is 40.2 Å². The molecule has 6 atom stereocenters. The first-order valence-corrected chi connectivity index (χ1v) is 15.1. The normalized spacial score (nSPS) is 31.8. The molecular formula is C24H30F2N6O3S2. The highest BCUT2D eigenvalue weighted by Crippen LogP contribution is 2.51. The summed E-state index contributed by atoms with van der Waals surface area (Å²) in [4.78, 5) is 11.1. The first-order valence-electron chi connectivity index (χ1n) is 12.6. The lowest BCUT2D eigenvalue weighted by atomic mass is 9.80. The third kappa shape index (κ3) is 4.43. The molecule has 2 bridgehead atoms. The van der Waals surface area contributed by atoms with Gasteiger partial charge in [-0.05, 0) is 49.0 Å². The van der Waals surface area contributed by atoms with Gasteiger partial charge in [0.05, 0.1) is 17.5 Å². The summed E-state index contributed by atoms with van der Waals surface area (Å²) >= 11 is 1.45. The molecule has 4 heterocycles. The van der Waals surface area contributed by atoms with E-state index in [0.717, 1.165) is 35.5 Å². The Hall–Kier alpha value is -2.22. The summed E-state index contributed by atoms with van der Waals surface area (Å²) in [6, 6.07) is 1.16. The third-order valence-corrected chi connectivity index (χ3v) is 11.3. The molecule has 2 N–H and O–H groups in total. The summed E-state index contributed by atoms with van der Waals surface area (Å²) < 4.78 is 57.5. The van der Waals surface area contributed by atoms with Gasteiger partial charge in [0.15, 0.2) is 10.8 Å². The van der Waals surface area contributed by atoms with Crippen LogP contribution in [0.15, 0.2) is 34.5 Å². The first-order chi connectivity index (χ1) is 17.7. The number of nitrogens with one attached hydrogen (secondary N) is 1. The average Bonchev–Trinajstić information content (AvgIpc) is 3.65. The summed E-state index contributed by atoms with van der Waals surface area (Å²) in [7, 11) is -3.62. The predicted molar refractivity (Wildman–Crippen MR) is 135 cm³/mol. The molecule has 0 spiro atoms. The molecule has 4 aliphatic rings. The van der Waals surface area contributed by atoms with Crippen molar-refractivity contribution in [2.75, 3.05) is 19.7 Å². The van der Waals surface area contributed by atoms with Crippen LogP contribution in [0.4, 0.5) is 8.78 Å². The van der Waals surface area contributed by atoms with Crippen LogP contribution in [0.3, 0.4) is 0 Å². The van der Waals surface area contributed by atoms with Crippen LogP contribution in [0.25, 0.3) is 5.57 Å². The van der Waals surface area contributed by atoms with E-state index in [1.54, 1.807) is 12.3 Å². The standard InChI is InChI=1S/C24H30F2N6O3S2/c1-13-6-15-7-14(12-33)8-17(13)21(15)37(34,35)30-16-9-20-18(19-2-4-32(29-19)24(25)26)10-28-22(31(20)11-16)23-27-3-5-36-23/h2-5,13-17,21,24,30,33H,6-12H2,1H3/t13-,14-,15?,16-,17+,21?/m0/s1. The number of fused-ring (bicyclic) bond motifs is 3. The minimum Gasteiger partial charge on any atom is -0.396 e. The van der Waals surface area contributed by atoms with Crippen LogP contribution in [0.2, 0.25) is 0 Å². The quantitative estimate of drug-likeness (QED) is 0.546. The van der Waals surface area contributed by atoms with Crippen molar-refractivity contribution in [3.8, 4) is 0 Å². The fraction of sp³-hybridized carbons (Fsp3) is 0.625. The molecule has 2 aromatic rings. The summed E-state index contributed by atoms with van der Waals surface area (Å²) in [6.45, 7) is 0.121. The molecule has 0 amide bonds. The number of nitrogens with zero attached hydrogens (tertiary/aromatic N) is 5. The molecule has 2 aliphatic heterocycles. The lowest BCUT2D eigenvalue weighted by Crippen LogP contribution is -2.48. The first kappa shape index (κ1) is 25.1. The number of rotatable bonds is 7. The van der Waals surface area contributed by atoms with Gasteiger partial charge in [0.25, 0.3) is 0 Å². The van der Waals surface area contributed by atoms with Gasteiger partial charge in [-0.3, -0.25) is 4.99 Å². The Balaban J connectivity index is 1.28. The Labute approximate surface area is 218 Å². The molecule has 13 heteroatoms. The minimum absolute atomic E-state index is 0.0397. The number of amidine groups is 1. The maximum atomic E-state index is 13.7. The Morgan fingerprint density at radius 3 is 2.81 bits per heavy atom. The molecule has 0 radical (unpaired) electrons. The van der Waals surface area contributed by atoms with E-state index in [9.17, 15) is 22.3 Å². The Morgan fingerprint density at radius 2 is 2.14 bits per heavy atom. The van der Waals surface area contributed by atoms with Crippen LogP contribution in [-0.4, -0.2) is 70.0 Å². The zero-order valence-corrected chi connectivity index (χ0v) is 22.0. The number of aliphatic hydroxyl groups excluding tert-OH is 1. The van der Waals surface area contributed by atoms with Gasteiger partial charge in [0.2, 0.25) is 10.0 Å². The van der Waals surface area contributed by atoms with Crippen LogP contribution in [-0.2, 0) is 10.0 Å². The topological polar surface area (TPSA) is 113 Å². The number of hydrogen-bond donors (Lipinski definition) is 2. The fourth-order valence-electron chi connectivity index (χ4n) is 6.91. The number of aliphatic hydroxyl groups is 1. The van der Waals surface area contributed by atoms with Gasteiger partial charge < -0.3 is 10.0 Å². The largest absolute Gasteiger partial charge is 0.396 e. The SMILES string of the molecule is C[C@H]1CC2C[C@H](CO)C[C@H]1C2S(=O)(=O)N[C@H]1CC2=C(c3ccn(C(F)F)n3)CN=C(c3nccs3)N2C1. The lowest BCUT2D eigenvalue weighted by molar-refractivity contribution is 0.0564. The van der Waals surface area contributed by atoms with Crippen molar-refractivity contribution >= 4 is 32.8 Å². The fourth-order valence-corrected chi connectivity index (χ4v) is 9.91. The smallest absolute Gasteiger partial charge is 0.333 e. The molecule has 2 aliphatic carbocycles. The minimum atomic E-state index is -3.62. The molecule has 6 rings (SSSR count). The van der Waals surface area contributed by atoms with Crippen molar-refractivity contribution in [1.82, 2.24) is 24.4 Å². The van der Waals surface area contributed by atoms with Crippen LogP contribution in [0.5, 0.6) is 0 Å². The second-order valence-electron chi connectivity index (χ2n) is 10.7. The second kappa shape index (κ2) is 9.51. The van der Waals surface area contributed by atoms with Gasteiger partial charge in [-0.2, -0.15) is 13.9 Å². The van der Waals surface area contributed by atoms with E-state index in [1.165, 1.54) is 17.5 Å². The molecule has 3 fully saturated rings. The molecular weight excluding hydrogens is 522 g/mol. The van der Waals surface area contributed by atoms with Crippen molar-refractivity contribution in [3.63, 3.8) is 0 Å². The number of sulfonamides is 1. The van der Waals surface area contributed by atoms with Crippen molar-refractivity contribution in [2.45, 2.75) is 50.4 Å². The van der Waals surface area contributed by atoms with Gasteiger partial charge in [-0.25, -0.2) is 22.8 Å². The molecule has 0 aromatic carbocycles. The maximum Gasteiger partial charge on any atom is 0.333 e. The summed E-state index contributed by atoms with van der Waals surface area (Å²) in [5.74, 6) is 1.23. The van der Waals surface area contributed by atoms with E-state index in [2.05, 4.69) is 21.7 Å². The van der Waals surface area contributed by atoms with E-state index in [4.69, 9.17) is 4.99 Å². The molecule has 2 saturated carbocycles. The number of aliphatic imine (C=N–C) groups is 1. The van der Waals surface area contributed by atoms with Crippen LogP contribution in [0.1, 0.15) is 49.9 Å². The Bertz CT molecular complexity index is 1330. The number of hydrogen-bond acceptors (Lipinski definition) is 8. The predicted octanol–water partition coefficient (Wildman–Crippen LogP) is 2.94. The van der Waals surface area contributed by atoms with E-state index in [0.29, 0.717) is 35.1 Å². The molecule has 37 heavy (non-hydrogen) atoms. The summed E-state index contributed by atoms with van der Waals surface area (Å²) in [6.07, 6.45) is 5.69. The van der Waals surface area contributed by atoms with Gasteiger partial charge in [0, 0.05) is 54.7 Å². The number of thiazole rings is 1. The van der Waals surface area contributed by atoms with E-state index in [-0.39, 0.29) is 36.9 Å². The van der Waals surface area contributed by atoms with Gasteiger partial charge in [0.1, 0.15) is 0 Å². The van der Waals surface area contributed by atoms with E-state index < -0.39 is 21.8 Å². The van der Waals surface area contributed by atoms with Crippen molar-refractivity contribution < 1.29 is 22.3 Å². The van der Waals surface area contributed by atoms with E-state index >= 15 is 0 Å². The Morgan fingerprint density at radius 1 is 1.30 bits per heavy atom. The van der Waals surface area contributed by atoms with Gasteiger partial charge >= 0.3 is 6.55 Å². The van der Waals surface area contributed by atoms with Crippen molar-refractivity contribution in [2.24, 2.45) is 28.7 Å². The molecule has 200 valence electrons. The maximum absolute atomic E-state index is 13.7. The van der Waals surface area contributed by atoms with Crippen LogP contribution in [0, 0.1) is 23.7 Å². The van der Waals surface area contributed by atoms with Gasteiger partial charge in [-0.1, -0.05) is 6.92 Å². The monoisotopic (exact) mass is 552 g/mol. The van der Waals surface area contributed by atoms with Crippen molar-refractivity contribution in [1.29, 1.82) is 0 Å². The zero-order chi connectivity index (χ0) is 25.9. The Kier molecular flexibility index (Phi) is 6.45. The average molecular weight is 553 g/mol. The highest BCUT2D eigenvalue weighted by molar-refractivity contribution is 7.90. The number of halogens is 2. The number of alkyl halides is 2.